The van der Waals surface area contributed by atoms with E-state index >= 15 is 0 Å². The number of nitrogens with zero attached hydrogens (tertiary/aromatic N) is 5. The number of amides is 1. The molecule has 8 heteroatoms. The molecule has 1 saturated heterocycles. The summed E-state index contributed by atoms with van der Waals surface area (Å²) in [6.07, 6.45) is 7.86. The molecule has 33 heavy (non-hydrogen) atoms. The minimum absolute atomic E-state index is 0.00375. The zero-order chi connectivity index (χ0) is 22.9. The van der Waals surface area contributed by atoms with Gasteiger partial charge in [0.1, 0.15) is 11.4 Å². The molecule has 0 unspecified atom stereocenters. The summed E-state index contributed by atoms with van der Waals surface area (Å²) in [6.45, 7) is 4.83. The van der Waals surface area contributed by atoms with Gasteiger partial charge in [0, 0.05) is 19.0 Å². The molecule has 1 atom stereocenters. The molecule has 0 N–H and O–H groups in total. The van der Waals surface area contributed by atoms with E-state index < -0.39 is 0 Å². The van der Waals surface area contributed by atoms with Gasteiger partial charge in [-0.05, 0) is 38.2 Å². The van der Waals surface area contributed by atoms with Crippen LogP contribution in [0.15, 0.2) is 59.0 Å². The molecule has 0 spiro atoms. The van der Waals surface area contributed by atoms with Crippen molar-refractivity contribution in [3.05, 3.63) is 64.7 Å². The molecule has 2 aromatic rings. The summed E-state index contributed by atoms with van der Waals surface area (Å²) in [5, 5.41) is 1.59. The molecule has 0 bridgehead atoms. The minimum atomic E-state index is -0.00375. The van der Waals surface area contributed by atoms with Crippen LogP contribution >= 0.6 is 11.3 Å². The van der Waals surface area contributed by atoms with E-state index in [4.69, 9.17) is 4.99 Å². The predicted molar refractivity (Wildman–Crippen MR) is 129 cm³/mol. The van der Waals surface area contributed by atoms with Crippen molar-refractivity contribution in [1.82, 2.24) is 19.9 Å². The summed E-state index contributed by atoms with van der Waals surface area (Å²) in [7, 11) is 0. The van der Waals surface area contributed by atoms with Gasteiger partial charge in [-0.1, -0.05) is 46.6 Å². The summed E-state index contributed by atoms with van der Waals surface area (Å²) in [6, 6.07) is 10.1. The van der Waals surface area contributed by atoms with Gasteiger partial charge in [-0.15, -0.1) is 11.3 Å². The molecular weight excluding hydrogens is 437 g/mol. The minimum Gasteiger partial charge on any atom is -0.334 e. The lowest BCUT2D eigenvalue weighted by Crippen LogP contribution is -2.44. The maximum absolute atomic E-state index is 14.0. The first-order valence-electron chi connectivity index (χ1n) is 11.6. The first-order chi connectivity index (χ1) is 16.0. The van der Waals surface area contributed by atoms with E-state index in [-0.39, 0.29) is 18.6 Å². The Morgan fingerprint density at radius 1 is 1.27 bits per heavy atom. The fourth-order valence-electron chi connectivity index (χ4n) is 4.81. The maximum Gasteiger partial charge on any atom is 0.288 e. The molecule has 0 saturated carbocycles. The van der Waals surface area contributed by atoms with Crippen molar-refractivity contribution < 1.29 is 9.28 Å². The van der Waals surface area contributed by atoms with E-state index in [1.165, 1.54) is 6.20 Å². The van der Waals surface area contributed by atoms with Crippen molar-refractivity contribution in [2.45, 2.75) is 52.0 Å². The van der Waals surface area contributed by atoms with Gasteiger partial charge in [0.2, 0.25) is 6.67 Å². The second-order valence-electron chi connectivity index (χ2n) is 8.70. The van der Waals surface area contributed by atoms with Crippen LogP contribution in [-0.4, -0.2) is 46.0 Å². The molecule has 1 aromatic carbocycles. The van der Waals surface area contributed by atoms with E-state index in [1.54, 1.807) is 11.3 Å². The molecule has 6 nitrogen and oxygen atoms in total. The molecule has 1 radical (unpaired) electrons. The number of rotatable bonds is 5. The fourth-order valence-corrected chi connectivity index (χ4v) is 5.73. The Morgan fingerprint density at radius 3 is 2.88 bits per heavy atom. The lowest BCUT2D eigenvalue weighted by atomic mass is 9.97. The number of thiazole rings is 1. The number of carbonyl (C=O) groups is 1. The van der Waals surface area contributed by atoms with E-state index in [9.17, 15) is 9.28 Å². The average molecular weight is 466 g/mol. The zero-order valence-corrected chi connectivity index (χ0v) is 19.8. The van der Waals surface area contributed by atoms with Crippen LogP contribution in [-0.2, 0) is 0 Å². The second-order valence-corrected chi connectivity index (χ2v) is 9.91. The van der Waals surface area contributed by atoms with Crippen LogP contribution in [0.4, 0.5) is 4.48 Å². The van der Waals surface area contributed by atoms with Gasteiger partial charge in [-0.3, -0.25) is 4.79 Å². The normalized spacial score (nSPS) is 20.9. The molecule has 171 valence electrons. The van der Waals surface area contributed by atoms with Gasteiger partial charge in [0.05, 0.1) is 21.7 Å². The smallest absolute Gasteiger partial charge is 0.288 e. The topological polar surface area (TPSA) is 54.7 Å². The first kappa shape index (κ1) is 22.0. The number of amidine groups is 1. The summed E-state index contributed by atoms with van der Waals surface area (Å²) in [4.78, 5) is 28.0. The van der Waals surface area contributed by atoms with Crippen LogP contribution in [0, 0.1) is 6.92 Å². The molecule has 1 amide bonds. The van der Waals surface area contributed by atoms with E-state index in [0.29, 0.717) is 17.2 Å². The number of aryl methyl sites for hydroxylation is 1. The third-order valence-electron chi connectivity index (χ3n) is 6.38. The van der Waals surface area contributed by atoms with Crippen molar-refractivity contribution in [3.8, 4) is 10.4 Å². The molecule has 4 heterocycles. The number of likely N-dealkylation sites (tertiary alicyclic amines) is 1. The Balaban J connectivity index is 1.39. The van der Waals surface area contributed by atoms with Crippen LogP contribution in [0.5, 0.6) is 0 Å². The number of hydrogen-bond donors (Lipinski definition) is 0. The summed E-state index contributed by atoms with van der Waals surface area (Å²) < 4.78 is 14.0. The Kier molecular flexibility index (Phi) is 6.12. The fraction of sp³-hybridized carbons (Fsp3) is 0.400. The highest BCUT2D eigenvalue weighted by Crippen LogP contribution is 2.34. The molecule has 3 aliphatic rings. The average Bonchev–Trinajstić information content (AvgIpc) is 3.42. The van der Waals surface area contributed by atoms with Crippen molar-refractivity contribution in [2.75, 3.05) is 13.2 Å². The van der Waals surface area contributed by atoms with E-state index in [1.807, 2.05) is 60.2 Å². The summed E-state index contributed by atoms with van der Waals surface area (Å²) in [5.74, 6) is 0.826. The van der Waals surface area contributed by atoms with Crippen molar-refractivity contribution in [1.29, 1.82) is 0 Å². The number of piperidine rings is 1. The number of halogens is 1. The van der Waals surface area contributed by atoms with Gasteiger partial charge in [0.15, 0.2) is 6.20 Å². The Bertz CT molecular complexity index is 1140. The lowest BCUT2D eigenvalue weighted by molar-refractivity contribution is 0.0608. The monoisotopic (exact) mass is 465 g/mol. The Hall–Kier alpha value is -2.84. The van der Waals surface area contributed by atoms with Crippen molar-refractivity contribution >= 4 is 23.1 Å². The Labute approximate surface area is 197 Å². The largest absolute Gasteiger partial charge is 0.334 e. The van der Waals surface area contributed by atoms with E-state index in [2.05, 4.69) is 4.98 Å². The van der Waals surface area contributed by atoms with E-state index in [0.717, 1.165) is 64.8 Å². The number of carbonyl (C=O) groups excluding carboxylic acids is 1. The van der Waals surface area contributed by atoms with Gasteiger partial charge in [0.25, 0.3) is 11.7 Å². The van der Waals surface area contributed by atoms with Gasteiger partial charge >= 0.3 is 0 Å². The second kappa shape index (κ2) is 9.19. The third kappa shape index (κ3) is 4.37. The maximum atomic E-state index is 14.0. The molecule has 3 aliphatic heterocycles. The molecule has 0 aliphatic carbocycles. The Morgan fingerprint density at radius 2 is 2.09 bits per heavy atom. The molecular formula is C25H28FN5OS+. The number of aliphatic imine (C=N–C) groups is 1. The van der Waals surface area contributed by atoms with Crippen LogP contribution < -0.4 is 4.90 Å². The number of hydrogen-bond acceptors (Lipinski definition) is 6. The highest BCUT2D eigenvalue weighted by Gasteiger charge is 2.39. The van der Waals surface area contributed by atoms with Gasteiger partial charge in [-0.2, -0.15) is 10.1 Å². The number of benzene rings is 1. The SMILES string of the molecule is CCC1=CN(F)C[N+]2C=C(C[C@@H]3CCCCN3C(=O)c3nc(C)sc3-c3ccccc3)N=C12. The van der Waals surface area contributed by atoms with Crippen LogP contribution in [0.3, 0.4) is 0 Å². The lowest BCUT2D eigenvalue weighted by Gasteiger charge is -2.35. The molecule has 5 rings (SSSR count). The predicted octanol–water partition coefficient (Wildman–Crippen LogP) is 5.35. The van der Waals surface area contributed by atoms with Crippen molar-refractivity contribution in [2.24, 2.45) is 4.99 Å². The van der Waals surface area contributed by atoms with Gasteiger partial charge in [-0.25, -0.2) is 4.98 Å². The van der Waals surface area contributed by atoms with Crippen LogP contribution in [0.25, 0.3) is 10.4 Å². The molecule has 1 fully saturated rings. The molecule has 1 aromatic heterocycles. The summed E-state index contributed by atoms with van der Waals surface area (Å²) in [5.41, 5.74) is 3.36. The highest BCUT2D eigenvalue weighted by molar-refractivity contribution is 7.15. The van der Waals surface area contributed by atoms with Gasteiger partial charge < -0.3 is 4.90 Å². The quantitative estimate of drug-likeness (QED) is 0.442. The highest BCUT2D eigenvalue weighted by atomic mass is 32.1. The first-order valence-corrected chi connectivity index (χ1v) is 12.4. The zero-order valence-electron chi connectivity index (χ0n) is 19.0. The standard InChI is InChI=1S/C25H28FN5OS/c1-3-18-14-30(26)16-29-15-20(28-24(18)29)13-21-11-7-8-12-31(21)25(32)22-23(33-17(2)27-22)19-9-5-4-6-10-19/h4-6,9-10,14-15,21H,3,7-8,11-13,16H2,1-2H3/q+1/t21-/m0/s1. The van der Waals surface area contributed by atoms with Crippen molar-refractivity contribution in [3.63, 3.8) is 0 Å². The number of fused-ring (bicyclic) bond motifs is 1. The van der Waals surface area contributed by atoms with Crippen LogP contribution in [0.1, 0.15) is 54.5 Å². The summed E-state index contributed by atoms with van der Waals surface area (Å²) >= 11 is 1.57. The number of aromatic nitrogens is 1. The third-order valence-corrected chi connectivity index (χ3v) is 7.40. The van der Waals surface area contributed by atoms with Crippen LogP contribution in [0.2, 0.25) is 0 Å².